The molecule has 0 atom stereocenters. The van der Waals surface area contributed by atoms with Crippen molar-refractivity contribution in [2.24, 2.45) is 0 Å². The summed E-state index contributed by atoms with van der Waals surface area (Å²) >= 11 is 11.9. The van der Waals surface area contributed by atoms with Gasteiger partial charge in [-0.05, 0) is 42.8 Å². The van der Waals surface area contributed by atoms with Crippen molar-refractivity contribution >= 4 is 34.2 Å². The fraction of sp³-hybridized carbons (Fsp3) is 0.133. The number of aryl methyl sites for hydroxylation is 1. The van der Waals surface area contributed by atoms with E-state index in [1.807, 2.05) is 16.7 Å². The lowest BCUT2D eigenvalue weighted by atomic mass is 10.2. The average molecular weight is 309 g/mol. The lowest BCUT2D eigenvalue weighted by molar-refractivity contribution is 0.617. The van der Waals surface area contributed by atoms with Crippen LogP contribution in [-0.4, -0.2) is 9.55 Å². The lowest BCUT2D eigenvalue weighted by Gasteiger charge is -2.09. The normalized spacial score (nSPS) is 11.2. The first-order chi connectivity index (χ1) is 9.60. The van der Waals surface area contributed by atoms with Crippen LogP contribution < -0.4 is 0 Å². The maximum absolute atomic E-state index is 13.8. The van der Waals surface area contributed by atoms with Crippen LogP contribution in [0.25, 0.3) is 16.7 Å². The van der Waals surface area contributed by atoms with E-state index in [1.165, 1.54) is 6.07 Å². The van der Waals surface area contributed by atoms with Gasteiger partial charge in [-0.25, -0.2) is 9.37 Å². The Morgan fingerprint density at radius 3 is 2.70 bits per heavy atom. The number of benzene rings is 2. The first-order valence-electron chi connectivity index (χ1n) is 6.09. The van der Waals surface area contributed by atoms with Crippen LogP contribution in [0, 0.1) is 12.7 Å². The summed E-state index contributed by atoms with van der Waals surface area (Å²) in [7, 11) is 0. The summed E-state index contributed by atoms with van der Waals surface area (Å²) in [5.74, 6) is 0.646. The third kappa shape index (κ3) is 2.17. The van der Waals surface area contributed by atoms with Crippen LogP contribution in [0.15, 0.2) is 36.4 Å². The summed E-state index contributed by atoms with van der Waals surface area (Å²) in [6.07, 6.45) is 0. The van der Waals surface area contributed by atoms with E-state index in [-0.39, 0.29) is 11.7 Å². The number of alkyl halides is 1. The molecule has 3 rings (SSSR count). The highest BCUT2D eigenvalue weighted by Crippen LogP contribution is 2.26. The minimum Gasteiger partial charge on any atom is -0.295 e. The molecular weight excluding hydrogens is 298 g/mol. The van der Waals surface area contributed by atoms with Gasteiger partial charge >= 0.3 is 0 Å². The molecule has 0 aliphatic carbocycles. The van der Waals surface area contributed by atoms with Crippen LogP contribution in [-0.2, 0) is 5.88 Å². The van der Waals surface area contributed by atoms with Crippen molar-refractivity contribution in [2.45, 2.75) is 12.8 Å². The van der Waals surface area contributed by atoms with Crippen molar-refractivity contribution in [3.63, 3.8) is 0 Å². The van der Waals surface area contributed by atoms with Crippen molar-refractivity contribution in [2.75, 3.05) is 0 Å². The Balaban J connectivity index is 2.30. The molecule has 0 N–H and O–H groups in total. The number of fused-ring (bicyclic) bond motifs is 1. The van der Waals surface area contributed by atoms with E-state index in [9.17, 15) is 4.39 Å². The van der Waals surface area contributed by atoms with Gasteiger partial charge in [0.1, 0.15) is 11.6 Å². The summed E-state index contributed by atoms with van der Waals surface area (Å²) in [5.41, 5.74) is 2.91. The molecule has 0 spiro atoms. The zero-order chi connectivity index (χ0) is 14.3. The van der Waals surface area contributed by atoms with E-state index < -0.39 is 0 Å². The standard InChI is InChI=1S/C15H11Cl2FN2/c1-9-2-4-11(7-12(9)18)20-14-5-3-10(17)6-13(14)19-15(20)8-16/h2-7H,8H2,1H3. The van der Waals surface area contributed by atoms with Crippen molar-refractivity contribution in [1.29, 1.82) is 0 Å². The molecule has 0 saturated heterocycles. The SMILES string of the molecule is Cc1ccc(-n2c(CCl)nc3cc(Cl)ccc32)cc1F. The molecule has 0 fully saturated rings. The van der Waals surface area contributed by atoms with Gasteiger partial charge < -0.3 is 0 Å². The second-order valence-electron chi connectivity index (χ2n) is 4.56. The molecule has 1 aromatic heterocycles. The Labute approximate surface area is 125 Å². The van der Waals surface area contributed by atoms with Crippen LogP contribution in [0.4, 0.5) is 4.39 Å². The van der Waals surface area contributed by atoms with Crippen LogP contribution in [0.5, 0.6) is 0 Å². The Morgan fingerprint density at radius 1 is 1.20 bits per heavy atom. The second-order valence-corrected chi connectivity index (χ2v) is 5.27. The minimum atomic E-state index is -0.251. The highest BCUT2D eigenvalue weighted by molar-refractivity contribution is 6.31. The molecule has 1 heterocycles. The zero-order valence-corrected chi connectivity index (χ0v) is 12.2. The number of imidazole rings is 1. The topological polar surface area (TPSA) is 17.8 Å². The van der Waals surface area contributed by atoms with Crippen molar-refractivity contribution in [3.05, 3.63) is 58.6 Å². The fourth-order valence-corrected chi connectivity index (χ4v) is 2.55. The number of aromatic nitrogens is 2. The molecule has 5 heteroatoms. The van der Waals surface area contributed by atoms with Gasteiger partial charge in [0.25, 0.3) is 0 Å². The molecule has 3 aromatic rings. The molecule has 0 bridgehead atoms. The smallest absolute Gasteiger partial charge is 0.129 e. The molecule has 0 aliphatic rings. The molecule has 2 aromatic carbocycles. The molecule has 0 amide bonds. The third-order valence-electron chi connectivity index (χ3n) is 3.22. The number of rotatable bonds is 2. The maximum atomic E-state index is 13.8. The zero-order valence-electron chi connectivity index (χ0n) is 10.7. The Kier molecular flexibility index (Phi) is 3.40. The van der Waals surface area contributed by atoms with Crippen molar-refractivity contribution < 1.29 is 4.39 Å². The number of hydrogen-bond acceptors (Lipinski definition) is 1. The predicted molar refractivity (Wildman–Crippen MR) is 80.3 cm³/mol. The summed E-state index contributed by atoms with van der Waals surface area (Å²) in [4.78, 5) is 4.44. The van der Waals surface area contributed by atoms with Gasteiger partial charge in [0, 0.05) is 5.02 Å². The van der Waals surface area contributed by atoms with Gasteiger partial charge in [0.15, 0.2) is 0 Å². The van der Waals surface area contributed by atoms with Gasteiger partial charge in [-0.3, -0.25) is 4.57 Å². The number of halogens is 3. The van der Waals surface area contributed by atoms with E-state index in [4.69, 9.17) is 23.2 Å². The fourth-order valence-electron chi connectivity index (χ4n) is 2.20. The third-order valence-corrected chi connectivity index (χ3v) is 3.69. The molecule has 0 saturated carbocycles. The Hall–Kier alpha value is -1.58. The van der Waals surface area contributed by atoms with Crippen molar-refractivity contribution in [1.82, 2.24) is 9.55 Å². The molecular formula is C15H11Cl2FN2. The summed E-state index contributed by atoms with van der Waals surface area (Å²) in [5, 5.41) is 0.610. The molecule has 2 nitrogen and oxygen atoms in total. The molecule has 0 aliphatic heterocycles. The van der Waals surface area contributed by atoms with E-state index >= 15 is 0 Å². The van der Waals surface area contributed by atoms with Gasteiger partial charge in [-0.2, -0.15) is 0 Å². The highest BCUT2D eigenvalue weighted by Gasteiger charge is 2.13. The summed E-state index contributed by atoms with van der Waals surface area (Å²) < 4.78 is 15.6. The minimum absolute atomic E-state index is 0.238. The van der Waals surface area contributed by atoms with Gasteiger partial charge in [-0.1, -0.05) is 17.7 Å². The predicted octanol–water partition coefficient (Wildman–Crippen LogP) is 4.87. The van der Waals surface area contributed by atoms with Gasteiger partial charge in [0.05, 0.1) is 22.6 Å². The van der Waals surface area contributed by atoms with E-state index in [0.717, 1.165) is 11.0 Å². The van der Waals surface area contributed by atoms with E-state index in [0.29, 0.717) is 22.1 Å². The Bertz CT molecular complexity index is 796. The Morgan fingerprint density at radius 2 is 2.00 bits per heavy atom. The number of hydrogen-bond donors (Lipinski definition) is 0. The van der Waals surface area contributed by atoms with Crippen LogP contribution in [0.3, 0.4) is 0 Å². The first-order valence-corrected chi connectivity index (χ1v) is 7.01. The van der Waals surface area contributed by atoms with Crippen LogP contribution in [0.2, 0.25) is 5.02 Å². The highest BCUT2D eigenvalue weighted by atomic mass is 35.5. The van der Waals surface area contributed by atoms with Gasteiger partial charge in [-0.15, -0.1) is 11.6 Å². The largest absolute Gasteiger partial charge is 0.295 e. The second kappa shape index (κ2) is 5.08. The lowest BCUT2D eigenvalue weighted by Crippen LogP contribution is -2.00. The molecule has 20 heavy (non-hydrogen) atoms. The van der Waals surface area contributed by atoms with Crippen LogP contribution in [0.1, 0.15) is 11.4 Å². The van der Waals surface area contributed by atoms with Crippen molar-refractivity contribution in [3.8, 4) is 5.69 Å². The monoisotopic (exact) mass is 308 g/mol. The molecule has 0 radical (unpaired) electrons. The molecule has 102 valence electrons. The maximum Gasteiger partial charge on any atom is 0.129 e. The summed E-state index contributed by atoms with van der Waals surface area (Å²) in [6, 6.07) is 10.5. The van der Waals surface area contributed by atoms with Gasteiger partial charge in [0.2, 0.25) is 0 Å². The quantitative estimate of drug-likeness (QED) is 0.618. The molecule has 0 unspecified atom stereocenters. The van der Waals surface area contributed by atoms with E-state index in [2.05, 4.69) is 4.98 Å². The summed E-state index contributed by atoms with van der Waals surface area (Å²) in [6.45, 7) is 1.73. The van der Waals surface area contributed by atoms with E-state index in [1.54, 1.807) is 25.1 Å². The van der Waals surface area contributed by atoms with Crippen LogP contribution >= 0.6 is 23.2 Å². The first kappa shape index (κ1) is 13.4. The average Bonchev–Trinajstić information content (AvgIpc) is 2.79. The number of nitrogens with zero attached hydrogens (tertiary/aromatic N) is 2.